The van der Waals surface area contributed by atoms with E-state index < -0.39 is 10.0 Å². The van der Waals surface area contributed by atoms with Gasteiger partial charge in [0.05, 0.1) is 17.7 Å². The fourth-order valence-electron chi connectivity index (χ4n) is 2.22. The van der Waals surface area contributed by atoms with Crippen LogP contribution in [0.1, 0.15) is 10.4 Å². The number of sulfonamides is 1. The van der Waals surface area contributed by atoms with Crippen molar-refractivity contribution in [3.05, 3.63) is 60.2 Å². The molecule has 27 heavy (non-hydrogen) atoms. The monoisotopic (exact) mass is 403 g/mol. The van der Waals surface area contributed by atoms with Gasteiger partial charge in [-0.3, -0.25) is 9.10 Å². The molecule has 0 fully saturated rings. The van der Waals surface area contributed by atoms with Crippen LogP contribution >= 0.6 is 11.8 Å². The van der Waals surface area contributed by atoms with Crippen LogP contribution in [0, 0.1) is 0 Å². The summed E-state index contributed by atoms with van der Waals surface area (Å²) < 4.78 is 29.8. The van der Waals surface area contributed by atoms with E-state index in [-0.39, 0.29) is 11.5 Å². The smallest absolute Gasteiger partial charge is 0.277 e. The molecule has 3 rings (SSSR count). The highest BCUT2D eigenvalue weighted by molar-refractivity contribution is 7.99. The van der Waals surface area contributed by atoms with Crippen molar-refractivity contribution in [2.75, 3.05) is 23.4 Å². The van der Waals surface area contributed by atoms with Crippen LogP contribution in [-0.4, -0.2) is 43.5 Å². The zero-order chi connectivity index (χ0) is 19.4. The minimum absolute atomic E-state index is 0.118. The summed E-state index contributed by atoms with van der Waals surface area (Å²) in [6.07, 6.45) is 1.12. The minimum atomic E-state index is -3.34. The molecule has 0 N–H and O–H groups in total. The second-order valence-corrected chi connectivity index (χ2v) is 8.67. The average molecular weight is 403 g/mol. The summed E-state index contributed by atoms with van der Waals surface area (Å²) in [6.45, 7) is 0. The molecule has 0 spiro atoms. The quantitative estimate of drug-likeness (QED) is 0.442. The Kier molecular flexibility index (Phi) is 5.62. The van der Waals surface area contributed by atoms with E-state index in [1.807, 2.05) is 30.3 Å². The van der Waals surface area contributed by atoms with E-state index in [1.165, 1.54) is 7.05 Å². The van der Waals surface area contributed by atoms with Crippen LogP contribution in [0.5, 0.6) is 0 Å². The van der Waals surface area contributed by atoms with Crippen molar-refractivity contribution in [2.45, 2.75) is 5.22 Å². The van der Waals surface area contributed by atoms with E-state index >= 15 is 0 Å². The number of thioether (sulfide) groups is 1. The van der Waals surface area contributed by atoms with Crippen LogP contribution in [0.3, 0.4) is 0 Å². The molecular formula is C18H17N3O4S2. The third kappa shape index (κ3) is 4.75. The van der Waals surface area contributed by atoms with E-state index in [1.54, 1.807) is 24.3 Å². The minimum Gasteiger partial charge on any atom is -0.411 e. The molecule has 9 heteroatoms. The van der Waals surface area contributed by atoms with Gasteiger partial charge in [-0.15, -0.1) is 10.2 Å². The summed E-state index contributed by atoms with van der Waals surface area (Å²) >= 11 is 1.16. The standard InChI is InChI=1S/C18H17N3O4S2/c1-21(27(2,23)24)15-10-8-13(9-11-15)16(22)12-26-18-20-19-17(25-18)14-6-4-3-5-7-14/h3-11H,12H2,1-2H3. The highest BCUT2D eigenvalue weighted by Gasteiger charge is 2.14. The molecule has 0 amide bonds. The first kappa shape index (κ1) is 19.1. The number of rotatable bonds is 7. The van der Waals surface area contributed by atoms with Gasteiger partial charge in [0.1, 0.15) is 0 Å². The molecule has 0 aliphatic carbocycles. The van der Waals surface area contributed by atoms with Gasteiger partial charge in [0, 0.05) is 18.2 Å². The molecule has 1 heterocycles. The Morgan fingerprint density at radius 3 is 2.37 bits per heavy atom. The Labute approximate surface area is 161 Å². The maximum absolute atomic E-state index is 12.3. The van der Waals surface area contributed by atoms with E-state index in [9.17, 15) is 13.2 Å². The lowest BCUT2D eigenvalue weighted by Crippen LogP contribution is -2.24. The molecule has 2 aromatic carbocycles. The number of Topliss-reactive ketones (excluding diaryl/α,β-unsaturated/α-hetero) is 1. The zero-order valence-corrected chi connectivity index (χ0v) is 16.3. The van der Waals surface area contributed by atoms with E-state index in [4.69, 9.17) is 4.42 Å². The van der Waals surface area contributed by atoms with Crippen LogP contribution in [-0.2, 0) is 10.0 Å². The molecule has 0 saturated heterocycles. The molecule has 0 radical (unpaired) electrons. The van der Waals surface area contributed by atoms with Gasteiger partial charge in [0.2, 0.25) is 15.9 Å². The Hall–Kier alpha value is -2.65. The number of anilines is 1. The summed E-state index contributed by atoms with van der Waals surface area (Å²) in [7, 11) is -1.88. The second kappa shape index (κ2) is 7.93. The van der Waals surface area contributed by atoms with Gasteiger partial charge in [-0.05, 0) is 36.4 Å². The molecule has 0 bridgehead atoms. The molecule has 0 saturated carbocycles. The van der Waals surface area contributed by atoms with Gasteiger partial charge < -0.3 is 4.42 Å². The number of hydrogen-bond donors (Lipinski definition) is 0. The van der Waals surface area contributed by atoms with Gasteiger partial charge >= 0.3 is 0 Å². The first-order valence-electron chi connectivity index (χ1n) is 7.93. The highest BCUT2D eigenvalue weighted by atomic mass is 32.2. The predicted octanol–water partition coefficient (Wildman–Crippen LogP) is 3.11. The summed E-state index contributed by atoms with van der Waals surface area (Å²) in [5.41, 5.74) is 1.79. The molecule has 0 unspecified atom stereocenters. The maximum Gasteiger partial charge on any atom is 0.277 e. The van der Waals surface area contributed by atoms with Crippen molar-refractivity contribution in [1.29, 1.82) is 0 Å². The summed E-state index contributed by atoms with van der Waals surface area (Å²) in [5, 5.41) is 8.24. The predicted molar refractivity (Wildman–Crippen MR) is 104 cm³/mol. The largest absolute Gasteiger partial charge is 0.411 e. The lowest BCUT2D eigenvalue weighted by molar-refractivity contribution is 0.102. The van der Waals surface area contributed by atoms with Crippen molar-refractivity contribution in [3.63, 3.8) is 0 Å². The molecule has 0 aliphatic heterocycles. The number of carbonyl (C=O) groups is 1. The second-order valence-electron chi connectivity index (χ2n) is 5.73. The van der Waals surface area contributed by atoms with Crippen LogP contribution in [0.4, 0.5) is 5.69 Å². The normalized spacial score (nSPS) is 11.3. The highest BCUT2D eigenvalue weighted by Crippen LogP contribution is 2.24. The molecule has 1 aromatic heterocycles. The molecule has 0 atom stereocenters. The zero-order valence-electron chi connectivity index (χ0n) is 14.7. The van der Waals surface area contributed by atoms with Crippen molar-refractivity contribution in [2.24, 2.45) is 0 Å². The number of ketones is 1. The average Bonchev–Trinajstić information content (AvgIpc) is 3.15. The van der Waals surface area contributed by atoms with E-state index in [0.717, 1.165) is 27.9 Å². The SMILES string of the molecule is CN(c1ccc(C(=O)CSc2nnc(-c3ccccc3)o2)cc1)S(C)(=O)=O. The summed E-state index contributed by atoms with van der Waals surface area (Å²) in [4.78, 5) is 12.3. The Morgan fingerprint density at radius 1 is 1.07 bits per heavy atom. The molecule has 3 aromatic rings. The van der Waals surface area contributed by atoms with Gasteiger partial charge in [-0.2, -0.15) is 0 Å². The van der Waals surface area contributed by atoms with E-state index in [0.29, 0.717) is 22.4 Å². The van der Waals surface area contributed by atoms with Crippen molar-refractivity contribution >= 4 is 33.3 Å². The van der Waals surface area contributed by atoms with Crippen LogP contribution in [0.25, 0.3) is 11.5 Å². The van der Waals surface area contributed by atoms with Crippen molar-refractivity contribution < 1.29 is 17.6 Å². The maximum atomic E-state index is 12.3. The van der Waals surface area contributed by atoms with Crippen molar-refractivity contribution in [1.82, 2.24) is 10.2 Å². The number of aromatic nitrogens is 2. The van der Waals surface area contributed by atoms with Gasteiger partial charge in [0.15, 0.2) is 5.78 Å². The molecule has 7 nitrogen and oxygen atoms in total. The summed E-state index contributed by atoms with van der Waals surface area (Å²) in [6, 6.07) is 15.8. The number of nitrogens with zero attached hydrogens (tertiary/aromatic N) is 3. The third-order valence-electron chi connectivity index (χ3n) is 3.80. The number of hydrogen-bond acceptors (Lipinski definition) is 7. The lowest BCUT2D eigenvalue weighted by Gasteiger charge is -2.16. The lowest BCUT2D eigenvalue weighted by atomic mass is 10.1. The first-order valence-corrected chi connectivity index (χ1v) is 10.8. The topological polar surface area (TPSA) is 93.4 Å². The van der Waals surface area contributed by atoms with Gasteiger partial charge in [-0.1, -0.05) is 30.0 Å². The Balaban J connectivity index is 1.62. The Bertz CT molecular complexity index is 1030. The number of benzene rings is 2. The van der Waals surface area contributed by atoms with E-state index in [2.05, 4.69) is 10.2 Å². The number of carbonyl (C=O) groups excluding carboxylic acids is 1. The Morgan fingerprint density at radius 2 is 1.74 bits per heavy atom. The first-order chi connectivity index (χ1) is 12.8. The summed E-state index contributed by atoms with van der Waals surface area (Å²) in [5.74, 6) is 0.421. The van der Waals surface area contributed by atoms with Crippen LogP contribution in [0.15, 0.2) is 64.2 Å². The third-order valence-corrected chi connectivity index (χ3v) is 5.83. The van der Waals surface area contributed by atoms with Gasteiger partial charge in [-0.25, -0.2) is 8.42 Å². The molecule has 0 aliphatic rings. The van der Waals surface area contributed by atoms with Crippen LogP contribution < -0.4 is 4.31 Å². The van der Waals surface area contributed by atoms with Crippen LogP contribution in [0.2, 0.25) is 0 Å². The molecular weight excluding hydrogens is 386 g/mol. The molecule has 140 valence electrons. The van der Waals surface area contributed by atoms with Crippen molar-refractivity contribution in [3.8, 4) is 11.5 Å². The fourth-order valence-corrected chi connectivity index (χ4v) is 3.39. The van der Waals surface area contributed by atoms with Gasteiger partial charge in [0.25, 0.3) is 5.22 Å². The fraction of sp³-hybridized carbons (Fsp3) is 0.167.